The zero-order chi connectivity index (χ0) is 15.6. The van der Waals surface area contributed by atoms with E-state index in [0.717, 1.165) is 19.3 Å². The molecule has 3 nitrogen and oxygen atoms in total. The molecule has 1 aromatic heterocycles. The molecule has 0 unspecified atom stereocenters. The zero-order valence-electron chi connectivity index (χ0n) is 14.3. The highest BCUT2D eigenvalue weighted by molar-refractivity contribution is 5.86. The van der Waals surface area contributed by atoms with Crippen molar-refractivity contribution in [1.29, 1.82) is 0 Å². The SMILES string of the molecule is CC(C)c1c2c(nn1C)[C@@]1(C)CCC(=O)C(C)(C)[C@@H]1CC2. The fraction of sp³-hybridized carbons (Fsp3) is 0.778. The number of nitrogens with zero attached hydrogens (tertiary/aromatic N) is 2. The molecule has 1 saturated carbocycles. The van der Waals surface area contributed by atoms with Crippen LogP contribution in [0.5, 0.6) is 0 Å². The molecule has 0 amide bonds. The Morgan fingerprint density at radius 1 is 1.24 bits per heavy atom. The number of hydrogen-bond donors (Lipinski definition) is 0. The summed E-state index contributed by atoms with van der Waals surface area (Å²) in [7, 11) is 2.07. The first-order valence-corrected chi connectivity index (χ1v) is 8.29. The topological polar surface area (TPSA) is 34.9 Å². The predicted molar refractivity (Wildman–Crippen MR) is 84.5 cm³/mol. The van der Waals surface area contributed by atoms with Crippen molar-refractivity contribution in [3.63, 3.8) is 0 Å². The van der Waals surface area contributed by atoms with Gasteiger partial charge in [-0.15, -0.1) is 0 Å². The van der Waals surface area contributed by atoms with Gasteiger partial charge in [-0.05, 0) is 36.7 Å². The Hall–Kier alpha value is -1.12. The van der Waals surface area contributed by atoms with E-state index < -0.39 is 0 Å². The van der Waals surface area contributed by atoms with Gasteiger partial charge in [0.05, 0.1) is 5.69 Å². The number of aromatic nitrogens is 2. The smallest absolute Gasteiger partial charge is 0.138 e. The highest BCUT2D eigenvalue weighted by Gasteiger charge is 2.55. The molecule has 3 heteroatoms. The molecule has 0 radical (unpaired) electrons. The molecule has 0 bridgehead atoms. The van der Waals surface area contributed by atoms with Gasteiger partial charge >= 0.3 is 0 Å². The molecule has 0 spiro atoms. The first kappa shape index (κ1) is 14.8. The van der Waals surface area contributed by atoms with E-state index in [0.29, 0.717) is 24.0 Å². The third-order valence-corrected chi connectivity index (χ3v) is 6.19. The molecule has 1 aromatic rings. The van der Waals surface area contributed by atoms with E-state index in [-0.39, 0.29) is 10.8 Å². The molecule has 0 aromatic carbocycles. The van der Waals surface area contributed by atoms with E-state index in [2.05, 4.69) is 46.3 Å². The maximum atomic E-state index is 12.4. The van der Waals surface area contributed by atoms with Crippen LogP contribution < -0.4 is 0 Å². The van der Waals surface area contributed by atoms with Gasteiger partial charge in [-0.2, -0.15) is 5.10 Å². The molecular formula is C18H28N2O. The van der Waals surface area contributed by atoms with E-state index >= 15 is 0 Å². The zero-order valence-corrected chi connectivity index (χ0v) is 14.3. The van der Waals surface area contributed by atoms with Crippen LogP contribution in [0.4, 0.5) is 0 Å². The molecule has 2 atom stereocenters. The van der Waals surface area contributed by atoms with Crippen molar-refractivity contribution < 1.29 is 4.79 Å². The molecule has 0 saturated heterocycles. The van der Waals surface area contributed by atoms with Crippen LogP contribution in [0.15, 0.2) is 0 Å². The minimum atomic E-state index is -0.208. The van der Waals surface area contributed by atoms with Crippen molar-refractivity contribution in [2.24, 2.45) is 18.4 Å². The summed E-state index contributed by atoms with van der Waals surface area (Å²) in [6, 6.07) is 0. The maximum Gasteiger partial charge on any atom is 0.138 e. The van der Waals surface area contributed by atoms with Crippen LogP contribution >= 0.6 is 0 Å². The minimum absolute atomic E-state index is 0.0654. The van der Waals surface area contributed by atoms with Crippen molar-refractivity contribution in [3.05, 3.63) is 17.0 Å². The lowest BCUT2D eigenvalue weighted by atomic mass is 9.51. The van der Waals surface area contributed by atoms with Crippen LogP contribution in [0, 0.1) is 11.3 Å². The average molecular weight is 288 g/mol. The molecule has 2 aliphatic rings. The van der Waals surface area contributed by atoms with Crippen LogP contribution in [0.25, 0.3) is 0 Å². The number of ketones is 1. The second kappa shape index (κ2) is 4.44. The molecule has 0 aliphatic heterocycles. The Labute approximate surface area is 128 Å². The summed E-state index contributed by atoms with van der Waals surface area (Å²) in [6.07, 6.45) is 3.86. The molecular weight excluding hydrogens is 260 g/mol. The Bertz CT molecular complexity index is 597. The fourth-order valence-corrected chi connectivity index (χ4v) is 5.12. The maximum absolute atomic E-state index is 12.4. The number of carbonyl (C=O) groups is 1. The second-order valence-electron chi connectivity index (χ2n) is 8.14. The Kier molecular flexibility index (Phi) is 3.13. The number of hydrogen-bond acceptors (Lipinski definition) is 2. The fourth-order valence-electron chi connectivity index (χ4n) is 5.12. The monoisotopic (exact) mass is 288 g/mol. The van der Waals surface area contributed by atoms with Gasteiger partial charge in [0.25, 0.3) is 0 Å². The molecule has 2 aliphatic carbocycles. The highest BCUT2D eigenvalue weighted by atomic mass is 16.1. The molecule has 0 N–H and O–H groups in total. The quantitative estimate of drug-likeness (QED) is 0.789. The van der Waals surface area contributed by atoms with E-state index in [1.807, 2.05) is 0 Å². The molecule has 1 fully saturated rings. The number of aryl methyl sites for hydroxylation is 1. The van der Waals surface area contributed by atoms with Crippen molar-refractivity contribution >= 4 is 5.78 Å². The van der Waals surface area contributed by atoms with E-state index in [4.69, 9.17) is 5.10 Å². The van der Waals surface area contributed by atoms with E-state index in [1.54, 1.807) is 0 Å². The molecule has 21 heavy (non-hydrogen) atoms. The third kappa shape index (κ3) is 1.85. The predicted octanol–water partition coefficient (Wildman–Crippen LogP) is 3.75. The van der Waals surface area contributed by atoms with Gasteiger partial charge in [0.1, 0.15) is 5.78 Å². The van der Waals surface area contributed by atoms with Crippen LogP contribution in [0.3, 0.4) is 0 Å². The van der Waals surface area contributed by atoms with Crippen molar-refractivity contribution in [2.45, 2.75) is 71.6 Å². The lowest BCUT2D eigenvalue weighted by molar-refractivity contribution is -0.137. The van der Waals surface area contributed by atoms with Gasteiger partial charge in [0, 0.05) is 30.0 Å². The summed E-state index contributed by atoms with van der Waals surface area (Å²) < 4.78 is 2.09. The number of Topliss-reactive ketones (excluding diaryl/α,β-unsaturated/α-hetero) is 1. The standard InChI is InChI=1S/C18H28N2O/c1-11(2)15-12-7-8-13-17(3,4)14(21)9-10-18(13,5)16(12)19-20(15)6/h11,13H,7-10H2,1-6H3/t13-,18-/m0/s1. The normalized spacial score (nSPS) is 31.2. The molecule has 116 valence electrons. The van der Waals surface area contributed by atoms with Crippen LogP contribution in [0.2, 0.25) is 0 Å². The van der Waals surface area contributed by atoms with E-state index in [9.17, 15) is 4.79 Å². The minimum Gasteiger partial charge on any atom is -0.299 e. The van der Waals surface area contributed by atoms with E-state index in [1.165, 1.54) is 17.0 Å². The van der Waals surface area contributed by atoms with Gasteiger partial charge in [-0.3, -0.25) is 9.48 Å². The highest BCUT2D eigenvalue weighted by Crippen LogP contribution is 2.56. The third-order valence-electron chi connectivity index (χ3n) is 6.19. The summed E-state index contributed by atoms with van der Waals surface area (Å²) >= 11 is 0. The van der Waals surface area contributed by atoms with Gasteiger partial charge in [0.2, 0.25) is 0 Å². The second-order valence-corrected chi connectivity index (χ2v) is 8.14. The first-order chi connectivity index (χ1) is 9.69. The largest absolute Gasteiger partial charge is 0.299 e. The lowest BCUT2D eigenvalue weighted by Crippen LogP contribution is -2.52. The number of fused-ring (bicyclic) bond motifs is 3. The summed E-state index contributed by atoms with van der Waals surface area (Å²) in [6.45, 7) is 11.1. The summed E-state index contributed by atoms with van der Waals surface area (Å²) in [4.78, 5) is 12.4. The summed E-state index contributed by atoms with van der Waals surface area (Å²) in [5.74, 6) is 1.37. The van der Waals surface area contributed by atoms with Crippen LogP contribution in [-0.2, 0) is 23.7 Å². The van der Waals surface area contributed by atoms with Crippen molar-refractivity contribution in [2.75, 3.05) is 0 Å². The van der Waals surface area contributed by atoms with Gasteiger partial charge in [0.15, 0.2) is 0 Å². The average Bonchev–Trinajstić information content (AvgIpc) is 2.72. The number of carbonyl (C=O) groups excluding carboxylic acids is 1. The number of rotatable bonds is 1. The van der Waals surface area contributed by atoms with Gasteiger partial charge in [-0.1, -0.05) is 34.6 Å². The van der Waals surface area contributed by atoms with Crippen molar-refractivity contribution in [3.8, 4) is 0 Å². The lowest BCUT2D eigenvalue weighted by Gasteiger charge is -2.51. The summed E-state index contributed by atoms with van der Waals surface area (Å²) in [5, 5.41) is 4.92. The Morgan fingerprint density at radius 3 is 2.52 bits per heavy atom. The van der Waals surface area contributed by atoms with Crippen LogP contribution in [0.1, 0.15) is 76.8 Å². The summed E-state index contributed by atoms with van der Waals surface area (Å²) in [5.41, 5.74) is 4.00. The molecule has 3 rings (SSSR count). The Morgan fingerprint density at radius 2 is 1.90 bits per heavy atom. The van der Waals surface area contributed by atoms with Crippen molar-refractivity contribution in [1.82, 2.24) is 9.78 Å². The molecule has 1 heterocycles. The van der Waals surface area contributed by atoms with Gasteiger partial charge in [-0.25, -0.2) is 0 Å². The van der Waals surface area contributed by atoms with Crippen LogP contribution in [-0.4, -0.2) is 15.6 Å². The first-order valence-electron chi connectivity index (χ1n) is 8.29. The Balaban J connectivity index is 2.15. The van der Waals surface area contributed by atoms with Gasteiger partial charge < -0.3 is 0 Å².